The number of hydrogen-bond donors (Lipinski definition) is 1. The van der Waals surface area contributed by atoms with E-state index in [-0.39, 0.29) is 0 Å². The van der Waals surface area contributed by atoms with Gasteiger partial charge in [-0.2, -0.15) is 0 Å². The molecule has 0 radical (unpaired) electrons. The minimum absolute atomic E-state index is 0.557. The van der Waals surface area contributed by atoms with E-state index in [1.54, 1.807) is 0 Å². The largest absolute Gasteiger partial charge is 0.489 e. The Bertz CT molecular complexity index is 667. The summed E-state index contributed by atoms with van der Waals surface area (Å²) in [5.41, 5.74) is 2.33. The third kappa shape index (κ3) is 4.49. The molecule has 5 nitrogen and oxygen atoms in total. The predicted octanol–water partition coefficient (Wildman–Crippen LogP) is 3.06. The summed E-state index contributed by atoms with van der Waals surface area (Å²) in [6.07, 6.45) is -0.828. The van der Waals surface area contributed by atoms with Crippen molar-refractivity contribution in [3.8, 4) is 5.75 Å². The Morgan fingerprint density at radius 1 is 0.958 bits per heavy atom. The number of carbonyl (C=O) groups is 1. The summed E-state index contributed by atoms with van der Waals surface area (Å²) in [4.78, 5) is 14.7. The number of hydrogen-bond acceptors (Lipinski definition) is 3. The minimum atomic E-state index is -0.828. The normalized spacial score (nSPS) is 15.2. The van der Waals surface area contributed by atoms with Gasteiger partial charge in [-0.25, -0.2) is 4.79 Å². The van der Waals surface area contributed by atoms with Crippen LogP contribution >= 0.6 is 0 Å². The fraction of sp³-hybridized carbons (Fsp3) is 0.316. The molecule has 1 N–H and O–H groups in total. The van der Waals surface area contributed by atoms with Crippen LogP contribution in [-0.4, -0.2) is 47.2 Å². The van der Waals surface area contributed by atoms with E-state index in [9.17, 15) is 4.79 Å². The maximum Gasteiger partial charge on any atom is 0.407 e. The van der Waals surface area contributed by atoms with E-state index in [0.29, 0.717) is 19.7 Å². The first kappa shape index (κ1) is 16.3. The third-order valence-electron chi connectivity index (χ3n) is 4.20. The molecule has 1 fully saturated rings. The van der Waals surface area contributed by atoms with Crippen molar-refractivity contribution in [2.45, 2.75) is 13.2 Å². The Hall–Kier alpha value is -2.53. The second kappa shape index (κ2) is 7.84. The Kier molecular flexibility index (Phi) is 5.33. The lowest BCUT2D eigenvalue weighted by Crippen LogP contribution is -2.47. The van der Waals surface area contributed by atoms with Gasteiger partial charge < -0.3 is 14.7 Å². The van der Waals surface area contributed by atoms with Crippen LogP contribution in [0.25, 0.3) is 0 Å². The molecule has 0 aliphatic carbocycles. The molecule has 5 heteroatoms. The van der Waals surface area contributed by atoms with Gasteiger partial charge in [-0.1, -0.05) is 42.5 Å². The van der Waals surface area contributed by atoms with Crippen molar-refractivity contribution >= 4 is 6.09 Å². The van der Waals surface area contributed by atoms with Crippen LogP contribution in [0, 0.1) is 0 Å². The molecule has 0 saturated carbocycles. The Balaban J connectivity index is 1.53. The van der Waals surface area contributed by atoms with Gasteiger partial charge in [-0.05, 0) is 23.3 Å². The number of amides is 1. The molecule has 1 heterocycles. The van der Waals surface area contributed by atoms with E-state index in [2.05, 4.69) is 17.0 Å². The summed E-state index contributed by atoms with van der Waals surface area (Å²) < 4.78 is 5.87. The lowest BCUT2D eigenvalue weighted by atomic mass is 10.2. The van der Waals surface area contributed by atoms with E-state index in [4.69, 9.17) is 9.84 Å². The average Bonchev–Trinajstić information content (AvgIpc) is 2.62. The second-order valence-electron chi connectivity index (χ2n) is 5.97. The van der Waals surface area contributed by atoms with Crippen molar-refractivity contribution in [2.24, 2.45) is 0 Å². The minimum Gasteiger partial charge on any atom is -0.489 e. The van der Waals surface area contributed by atoms with Crippen molar-refractivity contribution in [2.75, 3.05) is 26.2 Å². The summed E-state index contributed by atoms with van der Waals surface area (Å²) in [7, 11) is 0. The third-order valence-corrected chi connectivity index (χ3v) is 4.20. The van der Waals surface area contributed by atoms with E-state index < -0.39 is 6.09 Å². The summed E-state index contributed by atoms with van der Waals surface area (Å²) in [6, 6.07) is 18.2. The van der Waals surface area contributed by atoms with Crippen LogP contribution in [0.5, 0.6) is 5.75 Å². The SMILES string of the molecule is O=C(O)N1CCN(Cc2cccc(OCc3ccccc3)c2)CC1. The summed E-state index contributed by atoms with van der Waals surface area (Å²) >= 11 is 0. The first-order valence-electron chi connectivity index (χ1n) is 8.16. The summed E-state index contributed by atoms with van der Waals surface area (Å²) in [5.74, 6) is 0.862. The predicted molar refractivity (Wildman–Crippen MR) is 92.1 cm³/mol. The van der Waals surface area contributed by atoms with Gasteiger partial charge in [-0.3, -0.25) is 4.90 Å². The van der Waals surface area contributed by atoms with E-state index in [1.165, 1.54) is 10.5 Å². The second-order valence-corrected chi connectivity index (χ2v) is 5.97. The van der Waals surface area contributed by atoms with Crippen LogP contribution in [0.2, 0.25) is 0 Å². The van der Waals surface area contributed by atoms with Crippen molar-refractivity contribution in [1.29, 1.82) is 0 Å². The molecule has 0 bridgehead atoms. The Morgan fingerprint density at radius 3 is 2.38 bits per heavy atom. The monoisotopic (exact) mass is 326 g/mol. The van der Waals surface area contributed by atoms with Gasteiger partial charge in [0.2, 0.25) is 0 Å². The van der Waals surface area contributed by atoms with Gasteiger partial charge in [-0.15, -0.1) is 0 Å². The van der Waals surface area contributed by atoms with Gasteiger partial charge in [0.25, 0.3) is 0 Å². The van der Waals surface area contributed by atoms with Crippen LogP contribution in [0.3, 0.4) is 0 Å². The zero-order chi connectivity index (χ0) is 16.8. The zero-order valence-corrected chi connectivity index (χ0v) is 13.6. The first-order chi connectivity index (χ1) is 11.7. The molecule has 3 rings (SSSR count). The molecule has 0 spiro atoms. The fourth-order valence-corrected chi connectivity index (χ4v) is 2.83. The molecule has 1 saturated heterocycles. The van der Waals surface area contributed by atoms with Crippen molar-refractivity contribution in [3.63, 3.8) is 0 Å². The van der Waals surface area contributed by atoms with E-state index in [0.717, 1.165) is 30.9 Å². The highest BCUT2D eigenvalue weighted by Gasteiger charge is 2.20. The van der Waals surface area contributed by atoms with Crippen LogP contribution in [0.4, 0.5) is 4.79 Å². The lowest BCUT2D eigenvalue weighted by Gasteiger charge is -2.33. The quantitative estimate of drug-likeness (QED) is 0.917. The molecule has 126 valence electrons. The molecule has 1 aliphatic heterocycles. The van der Waals surface area contributed by atoms with Crippen molar-refractivity contribution in [1.82, 2.24) is 9.80 Å². The molecule has 2 aromatic rings. The fourth-order valence-electron chi connectivity index (χ4n) is 2.83. The maximum atomic E-state index is 10.9. The topological polar surface area (TPSA) is 53.0 Å². The zero-order valence-electron chi connectivity index (χ0n) is 13.6. The first-order valence-corrected chi connectivity index (χ1v) is 8.16. The molecule has 0 aromatic heterocycles. The van der Waals surface area contributed by atoms with Gasteiger partial charge in [0.15, 0.2) is 0 Å². The summed E-state index contributed by atoms with van der Waals surface area (Å²) in [5, 5.41) is 8.99. The van der Waals surface area contributed by atoms with E-state index >= 15 is 0 Å². The molecule has 0 atom stereocenters. The molecule has 2 aromatic carbocycles. The number of rotatable bonds is 5. The number of ether oxygens (including phenoxy) is 1. The van der Waals surface area contributed by atoms with Gasteiger partial charge in [0.1, 0.15) is 12.4 Å². The van der Waals surface area contributed by atoms with Crippen molar-refractivity contribution in [3.05, 3.63) is 65.7 Å². The highest BCUT2D eigenvalue weighted by molar-refractivity contribution is 5.65. The number of nitrogens with zero attached hydrogens (tertiary/aromatic N) is 2. The standard InChI is InChI=1S/C19H22N2O3/c22-19(23)21-11-9-20(10-12-21)14-17-7-4-8-18(13-17)24-15-16-5-2-1-3-6-16/h1-8,13H,9-12,14-15H2,(H,22,23). The van der Waals surface area contributed by atoms with Crippen LogP contribution in [0.1, 0.15) is 11.1 Å². The highest BCUT2D eigenvalue weighted by atomic mass is 16.5. The average molecular weight is 326 g/mol. The van der Waals surface area contributed by atoms with Crippen LogP contribution in [0.15, 0.2) is 54.6 Å². The molecule has 24 heavy (non-hydrogen) atoms. The van der Waals surface area contributed by atoms with Gasteiger partial charge >= 0.3 is 6.09 Å². The smallest absolute Gasteiger partial charge is 0.407 e. The van der Waals surface area contributed by atoms with Crippen LogP contribution < -0.4 is 4.74 Å². The van der Waals surface area contributed by atoms with Gasteiger partial charge in [0.05, 0.1) is 0 Å². The molecule has 0 unspecified atom stereocenters. The highest BCUT2D eigenvalue weighted by Crippen LogP contribution is 2.17. The molecule has 1 aliphatic rings. The number of piperazine rings is 1. The molecular weight excluding hydrogens is 304 g/mol. The Labute approximate surface area is 142 Å². The van der Waals surface area contributed by atoms with Crippen molar-refractivity contribution < 1.29 is 14.6 Å². The number of carboxylic acid groups (broad SMARTS) is 1. The number of benzene rings is 2. The van der Waals surface area contributed by atoms with Gasteiger partial charge in [0, 0.05) is 32.7 Å². The summed E-state index contributed by atoms with van der Waals surface area (Å²) in [6.45, 7) is 4.04. The van der Waals surface area contributed by atoms with Crippen LogP contribution in [-0.2, 0) is 13.2 Å². The maximum absolute atomic E-state index is 10.9. The Morgan fingerprint density at radius 2 is 1.67 bits per heavy atom. The molecule has 1 amide bonds. The van der Waals surface area contributed by atoms with E-state index in [1.807, 2.05) is 42.5 Å². The molecular formula is C19H22N2O3. The lowest BCUT2D eigenvalue weighted by molar-refractivity contribution is 0.103.